The summed E-state index contributed by atoms with van der Waals surface area (Å²) in [6.07, 6.45) is 0.220. The van der Waals surface area contributed by atoms with Crippen molar-refractivity contribution in [3.63, 3.8) is 0 Å². The smallest absolute Gasteiger partial charge is 0.345 e. The molecule has 0 fully saturated rings. The van der Waals surface area contributed by atoms with Gasteiger partial charge in [-0.25, -0.2) is 29.1 Å². The molecule has 2 atom stereocenters. The number of methoxy groups -OCH3 is 1. The van der Waals surface area contributed by atoms with Crippen LogP contribution in [0.2, 0.25) is 23.2 Å². The van der Waals surface area contributed by atoms with Crippen molar-refractivity contribution in [3.8, 4) is 61.8 Å². The Labute approximate surface area is 391 Å². The predicted molar refractivity (Wildman–Crippen MR) is 255 cm³/mol. The van der Waals surface area contributed by atoms with E-state index in [1.54, 1.807) is 43.6 Å². The van der Waals surface area contributed by atoms with Gasteiger partial charge in [-0.3, -0.25) is 0 Å². The molecular weight excluding hydrogens is 903 g/mol. The van der Waals surface area contributed by atoms with Gasteiger partial charge in [0, 0.05) is 28.6 Å². The van der Waals surface area contributed by atoms with Crippen molar-refractivity contribution in [2.24, 2.45) is 0 Å². The van der Waals surface area contributed by atoms with Gasteiger partial charge in [0.05, 0.1) is 35.4 Å². The standard InChI is InChI=1S/C49H50ClFN4O9SSi/c1-28-35(17-19-39(43(28)50)62-25-34(57)26-63-66(6,7)49(2,3)4)41-42-46(53-27-54-47(42)65-44(41)29-12-14-31(51)15-13-29)64-40(48(58)59)23-30-22-33(56)16-18-37(30)61-24-32-20-21-52-45(55-32)36-10-8-9-11-38(36)60-5/h8-22,27,34,40,56-57H,23-26H2,1-7H3,(H,58,59)/t34-,40?/m0/s1. The van der Waals surface area contributed by atoms with E-state index in [4.69, 9.17) is 35.0 Å². The van der Waals surface area contributed by atoms with Gasteiger partial charge in [0.2, 0.25) is 12.0 Å². The number of fused-ring (bicyclic) bond motifs is 1. The number of hydrogen-bond acceptors (Lipinski definition) is 13. The number of phenolic OH excluding ortho intramolecular Hbond substituents is 1. The first-order valence-corrected chi connectivity index (χ1v) is 25.1. The molecule has 0 aliphatic rings. The molecule has 0 saturated carbocycles. The number of carboxylic acids is 1. The number of hydrogen-bond donors (Lipinski definition) is 3. The third kappa shape index (κ3) is 10.7. The first-order chi connectivity index (χ1) is 31.4. The quantitative estimate of drug-likeness (QED) is 0.0694. The monoisotopic (exact) mass is 952 g/mol. The fourth-order valence-corrected chi connectivity index (χ4v) is 9.24. The van der Waals surface area contributed by atoms with Crippen LogP contribution in [0.15, 0.2) is 97.5 Å². The van der Waals surface area contributed by atoms with Crippen molar-refractivity contribution in [2.75, 3.05) is 20.3 Å². The number of halogens is 2. The fraction of sp³-hybridized carbons (Fsp3) is 0.286. The van der Waals surface area contributed by atoms with Gasteiger partial charge >= 0.3 is 5.97 Å². The summed E-state index contributed by atoms with van der Waals surface area (Å²) in [5.41, 5.74) is 4.07. The summed E-state index contributed by atoms with van der Waals surface area (Å²) in [6, 6.07) is 23.0. The molecule has 0 aliphatic carbocycles. The van der Waals surface area contributed by atoms with E-state index in [1.165, 1.54) is 41.9 Å². The lowest BCUT2D eigenvalue weighted by atomic mass is 9.96. The highest BCUT2D eigenvalue weighted by atomic mass is 35.5. The minimum absolute atomic E-state index is 0.00404. The van der Waals surface area contributed by atoms with Crippen LogP contribution in [0.1, 0.15) is 37.6 Å². The molecule has 3 aromatic heterocycles. The summed E-state index contributed by atoms with van der Waals surface area (Å²) < 4.78 is 44.5. The number of rotatable bonds is 18. The first kappa shape index (κ1) is 47.8. The minimum atomic E-state index is -2.11. The topological polar surface area (TPSA) is 175 Å². The summed E-state index contributed by atoms with van der Waals surface area (Å²) in [5.74, 6) is -0.179. The lowest BCUT2D eigenvalue weighted by Gasteiger charge is -2.36. The third-order valence-electron chi connectivity index (χ3n) is 11.5. The van der Waals surface area contributed by atoms with Gasteiger partial charge in [0.15, 0.2) is 14.1 Å². The average Bonchev–Trinajstić information content (AvgIpc) is 3.68. The van der Waals surface area contributed by atoms with Crippen molar-refractivity contribution >= 4 is 47.4 Å². The van der Waals surface area contributed by atoms with Crippen molar-refractivity contribution in [2.45, 2.75) is 71.1 Å². The highest BCUT2D eigenvalue weighted by Crippen LogP contribution is 2.49. The summed E-state index contributed by atoms with van der Waals surface area (Å²) in [4.78, 5) is 32.3. The summed E-state index contributed by atoms with van der Waals surface area (Å²) in [6.45, 7) is 12.5. The Hall–Kier alpha value is -6.17. The minimum Gasteiger partial charge on any atom is -0.508 e. The fourth-order valence-electron chi connectivity index (χ4n) is 6.82. The second kappa shape index (κ2) is 20.1. The molecule has 0 radical (unpaired) electrons. The van der Waals surface area contributed by atoms with Crippen LogP contribution < -0.4 is 18.9 Å². The number of aromatic hydroxyl groups is 1. The van der Waals surface area contributed by atoms with Gasteiger partial charge < -0.3 is 38.7 Å². The lowest BCUT2D eigenvalue weighted by Crippen LogP contribution is -2.43. The van der Waals surface area contributed by atoms with Gasteiger partial charge in [-0.1, -0.05) is 62.7 Å². The average molecular weight is 954 g/mol. The molecule has 7 aromatic rings. The number of carboxylic acid groups (broad SMARTS) is 1. The Balaban J connectivity index is 1.19. The van der Waals surface area contributed by atoms with Crippen molar-refractivity contribution in [3.05, 3.63) is 125 Å². The Morgan fingerprint density at radius 1 is 0.909 bits per heavy atom. The molecule has 4 aromatic carbocycles. The van der Waals surface area contributed by atoms with Crippen LogP contribution in [-0.4, -0.2) is 82.1 Å². The third-order valence-corrected chi connectivity index (χ3v) is 17.6. The van der Waals surface area contributed by atoms with Crippen LogP contribution in [-0.2, 0) is 22.2 Å². The van der Waals surface area contributed by atoms with Crippen LogP contribution in [0, 0.1) is 12.7 Å². The maximum Gasteiger partial charge on any atom is 0.345 e. The molecule has 17 heteroatoms. The second-order valence-electron chi connectivity index (χ2n) is 17.1. The number of para-hydroxylation sites is 1. The number of aromatic nitrogens is 4. The Kier molecular flexibility index (Phi) is 14.6. The van der Waals surface area contributed by atoms with E-state index in [-0.39, 0.29) is 47.9 Å². The van der Waals surface area contributed by atoms with E-state index >= 15 is 0 Å². The van der Waals surface area contributed by atoms with Crippen molar-refractivity contribution in [1.82, 2.24) is 19.9 Å². The molecule has 0 aliphatic heterocycles. The summed E-state index contributed by atoms with van der Waals surface area (Å²) >= 11 is 8.31. The number of carbonyl (C=O) groups is 1. The zero-order chi connectivity index (χ0) is 47.3. The normalized spacial score (nSPS) is 12.8. The molecule has 344 valence electrons. The van der Waals surface area contributed by atoms with E-state index < -0.39 is 32.3 Å². The van der Waals surface area contributed by atoms with E-state index in [0.717, 1.165) is 0 Å². The molecular formula is C49H50ClFN4O9SSi. The van der Waals surface area contributed by atoms with Crippen molar-refractivity contribution in [1.29, 1.82) is 0 Å². The molecule has 0 amide bonds. The predicted octanol–water partition coefficient (Wildman–Crippen LogP) is 10.7. The maximum absolute atomic E-state index is 14.3. The number of thiophene rings is 1. The number of ether oxygens (including phenoxy) is 4. The van der Waals surface area contributed by atoms with Crippen LogP contribution in [0.25, 0.3) is 43.2 Å². The highest BCUT2D eigenvalue weighted by Gasteiger charge is 2.37. The molecule has 1 unspecified atom stereocenters. The van der Waals surface area contributed by atoms with Crippen LogP contribution in [0.4, 0.5) is 4.39 Å². The van der Waals surface area contributed by atoms with Gasteiger partial charge in [-0.05, 0) is 96.3 Å². The van der Waals surface area contributed by atoms with Gasteiger partial charge in [0.1, 0.15) is 59.3 Å². The largest absolute Gasteiger partial charge is 0.508 e. The molecule has 0 saturated heterocycles. The molecule has 0 bridgehead atoms. The highest BCUT2D eigenvalue weighted by molar-refractivity contribution is 7.22. The van der Waals surface area contributed by atoms with Crippen LogP contribution in [0.3, 0.4) is 0 Å². The Bertz CT molecular complexity index is 2860. The number of benzene rings is 4. The molecule has 0 spiro atoms. The van der Waals surface area contributed by atoms with Gasteiger partial charge in [0.25, 0.3) is 0 Å². The van der Waals surface area contributed by atoms with Crippen molar-refractivity contribution < 1.29 is 47.9 Å². The number of aliphatic carboxylic acids is 1. The number of phenols is 1. The SMILES string of the molecule is COc1ccccc1-c1nccc(COc2ccc(O)cc2CC(Oc2ncnc3sc(-c4ccc(F)cc4)c(-c4ccc(OC[C@H](O)CO[Si](C)(C)C(C)(C)C)c(Cl)c4C)c23)C(=O)O)n1. The van der Waals surface area contributed by atoms with Crippen LogP contribution in [0.5, 0.6) is 28.9 Å². The van der Waals surface area contributed by atoms with Gasteiger partial charge in [-0.15, -0.1) is 11.3 Å². The molecule has 66 heavy (non-hydrogen) atoms. The Morgan fingerprint density at radius 3 is 2.38 bits per heavy atom. The molecule has 13 nitrogen and oxygen atoms in total. The first-order valence-electron chi connectivity index (χ1n) is 21.0. The maximum atomic E-state index is 14.3. The summed E-state index contributed by atoms with van der Waals surface area (Å²) in [7, 11) is -0.537. The second-order valence-corrected chi connectivity index (χ2v) is 23.2. The zero-order valence-electron chi connectivity index (χ0n) is 37.5. The lowest BCUT2D eigenvalue weighted by molar-refractivity contribution is -0.145. The zero-order valence-corrected chi connectivity index (χ0v) is 40.0. The van der Waals surface area contributed by atoms with E-state index in [2.05, 4.69) is 53.8 Å². The molecule has 3 heterocycles. The molecule has 7 rings (SSSR count). The van der Waals surface area contributed by atoms with E-state index in [9.17, 15) is 24.5 Å². The van der Waals surface area contributed by atoms with E-state index in [0.29, 0.717) is 77.2 Å². The number of aliphatic hydroxyl groups excluding tert-OH is 1. The molecule has 3 N–H and O–H groups in total. The summed E-state index contributed by atoms with van der Waals surface area (Å²) in [5, 5.41) is 32.7. The van der Waals surface area contributed by atoms with Crippen LogP contribution >= 0.6 is 22.9 Å². The number of nitrogens with zero attached hydrogens (tertiary/aromatic N) is 4. The Morgan fingerprint density at radius 2 is 1.65 bits per heavy atom. The van der Waals surface area contributed by atoms with Gasteiger partial charge in [-0.2, -0.15) is 0 Å². The number of aliphatic hydroxyl groups is 1. The van der Waals surface area contributed by atoms with E-state index in [1.807, 2.05) is 37.3 Å².